The number of anilines is 1. The van der Waals surface area contributed by atoms with Gasteiger partial charge in [-0.05, 0) is 29.8 Å². The van der Waals surface area contributed by atoms with Crippen LogP contribution in [0.2, 0.25) is 0 Å². The zero-order valence-electron chi connectivity index (χ0n) is 14.1. The van der Waals surface area contributed by atoms with E-state index in [2.05, 4.69) is 0 Å². The Balaban J connectivity index is 1.72. The van der Waals surface area contributed by atoms with E-state index >= 15 is 0 Å². The van der Waals surface area contributed by atoms with Gasteiger partial charge in [-0.25, -0.2) is 13.5 Å². The van der Waals surface area contributed by atoms with Crippen molar-refractivity contribution in [2.24, 2.45) is 0 Å². The van der Waals surface area contributed by atoms with Gasteiger partial charge in [0.05, 0.1) is 16.6 Å². The Morgan fingerprint density at radius 3 is 1.92 bits per heavy atom. The van der Waals surface area contributed by atoms with Gasteiger partial charge in [0.1, 0.15) is 0 Å². The first-order chi connectivity index (χ1) is 12.7. The average molecular weight is 365 g/mol. The van der Waals surface area contributed by atoms with Crippen molar-refractivity contribution in [2.75, 3.05) is 5.06 Å². The maximum absolute atomic E-state index is 13.0. The number of para-hydroxylation sites is 1. The molecule has 2 unspecified atom stereocenters. The number of hydrogen-bond donors (Lipinski definition) is 0. The Morgan fingerprint density at radius 2 is 1.31 bits per heavy atom. The van der Waals surface area contributed by atoms with Gasteiger partial charge in [0, 0.05) is 6.42 Å². The number of benzene rings is 3. The molecule has 2 atom stereocenters. The van der Waals surface area contributed by atoms with Crippen LogP contribution in [0.4, 0.5) is 5.69 Å². The van der Waals surface area contributed by atoms with Gasteiger partial charge in [0.15, 0.2) is 5.44 Å². The second-order valence-electron chi connectivity index (χ2n) is 6.22. The lowest BCUT2D eigenvalue weighted by molar-refractivity contribution is 0.131. The Bertz CT molecular complexity index is 912. The number of rotatable bonds is 4. The highest BCUT2D eigenvalue weighted by atomic mass is 32.2. The van der Waals surface area contributed by atoms with Crippen LogP contribution in [0.3, 0.4) is 0 Å². The molecule has 3 aromatic carbocycles. The van der Waals surface area contributed by atoms with Crippen LogP contribution in [0.15, 0.2) is 95.9 Å². The molecule has 0 spiro atoms. The van der Waals surface area contributed by atoms with E-state index in [1.807, 2.05) is 60.7 Å². The van der Waals surface area contributed by atoms with Crippen LogP contribution in [-0.2, 0) is 14.7 Å². The van der Waals surface area contributed by atoms with Gasteiger partial charge in [0.25, 0.3) is 0 Å². The Morgan fingerprint density at radius 1 is 0.769 bits per heavy atom. The normalized spacial score (nSPS) is 20.2. The molecule has 0 amide bonds. The maximum Gasteiger partial charge on any atom is 0.207 e. The van der Waals surface area contributed by atoms with Crippen molar-refractivity contribution in [2.45, 2.75) is 22.8 Å². The highest BCUT2D eigenvalue weighted by Gasteiger charge is 2.42. The van der Waals surface area contributed by atoms with E-state index < -0.39 is 15.3 Å². The molecule has 1 fully saturated rings. The van der Waals surface area contributed by atoms with E-state index in [-0.39, 0.29) is 10.9 Å². The topological polar surface area (TPSA) is 46.6 Å². The monoisotopic (exact) mass is 365 g/mol. The van der Waals surface area contributed by atoms with Crippen molar-refractivity contribution in [1.82, 2.24) is 0 Å². The van der Waals surface area contributed by atoms with Crippen LogP contribution in [0.1, 0.15) is 18.0 Å². The molecule has 1 saturated heterocycles. The van der Waals surface area contributed by atoms with Gasteiger partial charge >= 0.3 is 0 Å². The van der Waals surface area contributed by atoms with Crippen LogP contribution < -0.4 is 5.06 Å². The molecule has 3 aromatic rings. The Labute approximate surface area is 153 Å². The molecule has 0 aliphatic carbocycles. The summed E-state index contributed by atoms with van der Waals surface area (Å²) in [6, 6.07) is 27.8. The fourth-order valence-electron chi connectivity index (χ4n) is 3.23. The molecule has 5 heteroatoms. The minimum atomic E-state index is -3.58. The van der Waals surface area contributed by atoms with Gasteiger partial charge in [-0.1, -0.05) is 66.7 Å². The summed E-state index contributed by atoms with van der Waals surface area (Å²) >= 11 is 0. The highest BCUT2D eigenvalue weighted by molar-refractivity contribution is 7.92. The fraction of sp³-hybridized carbons (Fsp3) is 0.143. The molecule has 0 aromatic heterocycles. The maximum atomic E-state index is 13.0. The summed E-state index contributed by atoms with van der Waals surface area (Å²) in [6.45, 7) is 0. The number of hydrogen-bond acceptors (Lipinski definition) is 4. The minimum Gasteiger partial charge on any atom is -0.253 e. The van der Waals surface area contributed by atoms with E-state index in [1.54, 1.807) is 35.4 Å². The standard InChI is InChI=1S/C21H19NO3S/c23-26(24,19-14-8-3-9-15-19)21-16-20(17-10-4-1-5-11-17)22(25-21)18-12-6-2-7-13-18/h1-15,20-21H,16H2. The molecule has 1 aliphatic rings. The Kier molecular flexibility index (Phi) is 4.49. The summed E-state index contributed by atoms with van der Waals surface area (Å²) < 4.78 is 26.1. The van der Waals surface area contributed by atoms with Crippen molar-refractivity contribution in [3.05, 3.63) is 96.6 Å². The molecule has 0 radical (unpaired) electrons. The molecule has 132 valence electrons. The van der Waals surface area contributed by atoms with E-state index in [4.69, 9.17) is 4.84 Å². The van der Waals surface area contributed by atoms with Gasteiger partial charge in [-0.3, -0.25) is 4.84 Å². The van der Waals surface area contributed by atoms with Gasteiger partial charge in [-0.2, -0.15) is 0 Å². The average Bonchev–Trinajstić information content (AvgIpc) is 3.16. The molecule has 1 aliphatic heterocycles. The van der Waals surface area contributed by atoms with Gasteiger partial charge in [-0.15, -0.1) is 0 Å². The first kappa shape index (κ1) is 16.8. The predicted octanol–water partition coefficient (Wildman–Crippen LogP) is 4.37. The molecule has 0 saturated carbocycles. The fourth-order valence-corrected chi connectivity index (χ4v) is 4.71. The predicted molar refractivity (Wildman–Crippen MR) is 101 cm³/mol. The van der Waals surface area contributed by atoms with Crippen LogP contribution >= 0.6 is 0 Å². The van der Waals surface area contributed by atoms with E-state index in [0.717, 1.165) is 11.3 Å². The third-order valence-electron chi connectivity index (χ3n) is 4.54. The van der Waals surface area contributed by atoms with E-state index in [1.165, 1.54) is 0 Å². The van der Waals surface area contributed by atoms with Crippen molar-refractivity contribution in [1.29, 1.82) is 0 Å². The lowest BCUT2D eigenvalue weighted by atomic mass is 10.0. The van der Waals surface area contributed by atoms with Gasteiger partial charge < -0.3 is 0 Å². The summed E-state index contributed by atoms with van der Waals surface area (Å²) in [6.07, 6.45) is 0.371. The van der Waals surface area contributed by atoms with Gasteiger partial charge in [0.2, 0.25) is 9.84 Å². The SMILES string of the molecule is O=S(=O)(c1ccccc1)C1CC(c2ccccc2)N(c2ccccc2)O1. The minimum absolute atomic E-state index is 0.165. The summed E-state index contributed by atoms with van der Waals surface area (Å²) in [7, 11) is -3.58. The second kappa shape index (κ2) is 6.94. The van der Waals surface area contributed by atoms with Crippen molar-refractivity contribution in [3.63, 3.8) is 0 Å². The highest BCUT2D eigenvalue weighted by Crippen LogP contribution is 2.40. The first-order valence-electron chi connectivity index (χ1n) is 8.51. The summed E-state index contributed by atoms with van der Waals surface area (Å²) in [5.74, 6) is 0. The van der Waals surface area contributed by atoms with Crippen LogP contribution in [-0.4, -0.2) is 13.9 Å². The first-order valence-corrected chi connectivity index (χ1v) is 10.1. The molecular formula is C21H19NO3S. The lowest BCUT2D eigenvalue weighted by Gasteiger charge is -2.24. The summed E-state index contributed by atoms with van der Waals surface area (Å²) in [4.78, 5) is 6.26. The molecule has 4 nitrogen and oxygen atoms in total. The van der Waals surface area contributed by atoms with Crippen molar-refractivity contribution in [3.8, 4) is 0 Å². The number of sulfone groups is 1. The summed E-state index contributed by atoms with van der Waals surface area (Å²) in [5, 5.41) is 1.72. The largest absolute Gasteiger partial charge is 0.253 e. The number of hydroxylamine groups is 1. The quantitative estimate of drug-likeness (QED) is 0.689. The second-order valence-corrected chi connectivity index (χ2v) is 8.30. The molecule has 0 N–H and O–H groups in total. The zero-order chi connectivity index (χ0) is 18.0. The molecular weight excluding hydrogens is 346 g/mol. The third-order valence-corrected chi connectivity index (χ3v) is 6.44. The smallest absolute Gasteiger partial charge is 0.207 e. The molecule has 4 rings (SSSR count). The molecule has 26 heavy (non-hydrogen) atoms. The summed E-state index contributed by atoms with van der Waals surface area (Å²) in [5.41, 5.74) is 0.949. The third kappa shape index (κ3) is 3.11. The van der Waals surface area contributed by atoms with Crippen molar-refractivity contribution >= 4 is 15.5 Å². The van der Waals surface area contributed by atoms with E-state index in [9.17, 15) is 8.42 Å². The Hall–Kier alpha value is -2.63. The van der Waals surface area contributed by atoms with Crippen LogP contribution in [0.25, 0.3) is 0 Å². The van der Waals surface area contributed by atoms with E-state index in [0.29, 0.717) is 6.42 Å². The lowest BCUT2D eigenvalue weighted by Crippen LogP contribution is -2.25. The van der Waals surface area contributed by atoms with Crippen LogP contribution in [0.5, 0.6) is 0 Å². The number of nitrogens with zero attached hydrogens (tertiary/aromatic N) is 1. The molecule has 1 heterocycles. The van der Waals surface area contributed by atoms with Crippen LogP contribution in [0, 0.1) is 0 Å². The van der Waals surface area contributed by atoms with Crippen molar-refractivity contribution < 1.29 is 13.3 Å². The zero-order valence-corrected chi connectivity index (χ0v) is 14.9. The molecule has 0 bridgehead atoms.